The smallest absolute Gasteiger partial charge is 0.759 e. The first-order valence-corrected chi connectivity index (χ1v) is 12.9. The second-order valence-electron chi connectivity index (χ2n) is 6.56. The molecule has 268 valence electrons. The molecule has 0 aromatic carbocycles. The molecule has 0 unspecified atom stereocenters. The average Bonchev–Trinajstić information content (AvgIpc) is 3.75. The fraction of sp³-hybridized carbons (Fsp3) is 0. The zero-order valence-corrected chi connectivity index (χ0v) is 36.1. The molecule has 0 bridgehead atoms. The quantitative estimate of drug-likeness (QED) is 0.0717. The van der Waals surface area contributed by atoms with Crippen LogP contribution in [0.1, 0.15) is 0 Å². The SMILES string of the molecule is O=S(=O)([O-])[O-].O=S(=O)([O-])[O-].[OH3+].[OH3+].[OH3+].[OH3+].[OH3+].[OH3+].[Zn+2].[Zn+2].[Zn+2].c1cnc(-c2n[n-]c(-c3nc[nH]n3)n2)cn1.c1cnc(-c2n[n-]c(-c3nc[nH]n3)n2)cn1. The summed E-state index contributed by atoms with van der Waals surface area (Å²) in [4.78, 5) is 32.1. The van der Waals surface area contributed by atoms with Crippen molar-refractivity contribution in [2.24, 2.45) is 0 Å². The van der Waals surface area contributed by atoms with Gasteiger partial charge >= 0.3 is 58.4 Å². The number of aromatic amines is 2. The maximum absolute atomic E-state index is 8.52. The Morgan fingerprint density at radius 3 is 1.06 bits per heavy atom. The fourth-order valence-electron chi connectivity index (χ4n) is 2.35. The van der Waals surface area contributed by atoms with E-state index in [9.17, 15) is 0 Å². The van der Waals surface area contributed by atoms with Gasteiger partial charge in [0, 0.05) is 57.2 Å². The largest absolute Gasteiger partial charge is 2.00 e. The van der Waals surface area contributed by atoms with Crippen molar-refractivity contribution in [2.45, 2.75) is 0 Å². The molecule has 0 saturated heterocycles. The van der Waals surface area contributed by atoms with E-state index in [1.165, 1.54) is 12.7 Å². The molecule has 0 atom stereocenters. The predicted octanol–water partition coefficient (Wildman–Crippen LogP) is -8.86. The minimum absolute atomic E-state index is 0. The first-order valence-electron chi connectivity index (χ1n) is 10.2. The Labute approximate surface area is 322 Å². The molecule has 51 heavy (non-hydrogen) atoms. The van der Waals surface area contributed by atoms with Crippen molar-refractivity contribution < 1.29 is 126 Å². The minimum Gasteiger partial charge on any atom is -0.759 e. The number of hydrogen-bond donors (Lipinski definition) is 2. The zero-order chi connectivity index (χ0) is 30.6. The molecular weight excluding hydrogens is 901 g/mol. The standard InChI is InChI=1S/2C8H5N8.2H2O4S.6H2O.3Zn/c2*1-2-10-5(3-9-1)6-13-8(16-15-6)7-11-4-12-14-7;2*1-5(2,3)4;;;;;;;;;/h2*1-4H,(H-,11,12,13,14,15,16);2*(H2,1,2,3,4);6*1H2;;;/q2*-1;;;;;;;;;3*+2/p+2. The van der Waals surface area contributed by atoms with Crippen LogP contribution in [0.15, 0.2) is 49.8 Å². The van der Waals surface area contributed by atoms with Gasteiger partial charge in [0.1, 0.15) is 24.0 Å². The van der Waals surface area contributed by atoms with E-state index >= 15 is 0 Å². The number of nitrogens with zero attached hydrogens (tertiary/aromatic N) is 14. The Morgan fingerprint density at radius 1 is 0.510 bits per heavy atom. The molecule has 0 fully saturated rings. The van der Waals surface area contributed by atoms with Crippen molar-refractivity contribution in [3.8, 4) is 46.3 Å². The first kappa shape index (κ1) is 62.2. The second-order valence-corrected chi connectivity index (χ2v) is 8.19. The van der Waals surface area contributed by atoms with Crippen molar-refractivity contribution in [1.29, 1.82) is 0 Å². The molecule has 0 radical (unpaired) electrons. The molecule has 0 aliphatic rings. The van der Waals surface area contributed by atoms with Gasteiger partial charge in [0.15, 0.2) is 11.6 Å². The van der Waals surface area contributed by atoms with Gasteiger partial charge in [0.2, 0.25) is 0 Å². The van der Waals surface area contributed by atoms with Gasteiger partial charge in [-0.1, -0.05) is 0 Å². The van der Waals surface area contributed by atoms with E-state index in [1.807, 2.05) is 0 Å². The summed E-state index contributed by atoms with van der Waals surface area (Å²) < 4.78 is 68.2. The van der Waals surface area contributed by atoms with Gasteiger partial charge in [0.25, 0.3) is 0 Å². The molecule has 0 amide bonds. The summed E-state index contributed by atoms with van der Waals surface area (Å²) in [5.41, 5.74) is 1.13. The second kappa shape index (κ2) is 29.8. The van der Waals surface area contributed by atoms with E-state index in [4.69, 9.17) is 35.0 Å². The first-order chi connectivity index (χ1) is 19.9. The molecule has 0 saturated carbocycles. The number of H-pyrrole nitrogens is 2. The van der Waals surface area contributed by atoms with Crippen LogP contribution in [-0.2, 0) is 112 Å². The van der Waals surface area contributed by atoms with Crippen LogP contribution < -0.4 is 10.2 Å². The van der Waals surface area contributed by atoms with E-state index in [0.717, 1.165) is 0 Å². The van der Waals surface area contributed by atoms with Crippen molar-refractivity contribution in [2.75, 3.05) is 0 Å². The van der Waals surface area contributed by atoms with Crippen molar-refractivity contribution >= 4 is 20.8 Å². The maximum atomic E-state index is 8.52. The molecular formula is C16H28N16O14S2Zn3+6. The van der Waals surface area contributed by atoms with E-state index in [1.54, 1.807) is 37.2 Å². The van der Waals surface area contributed by atoms with Crippen LogP contribution in [0.4, 0.5) is 0 Å². The van der Waals surface area contributed by atoms with Crippen LogP contribution in [0, 0.1) is 0 Å². The van der Waals surface area contributed by atoms with Crippen LogP contribution in [0.2, 0.25) is 0 Å². The van der Waals surface area contributed by atoms with Gasteiger partial charge < -0.3 is 71.2 Å². The summed E-state index contributed by atoms with van der Waals surface area (Å²) >= 11 is 0. The summed E-state index contributed by atoms with van der Waals surface area (Å²) in [5, 5.41) is 28.4. The summed E-state index contributed by atoms with van der Waals surface area (Å²) in [6.07, 6.45) is 12.3. The van der Waals surface area contributed by atoms with Crippen LogP contribution >= 0.6 is 0 Å². The van der Waals surface area contributed by atoms with E-state index in [-0.39, 0.29) is 91.3 Å². The molecule has 6 aromatic rings. The van der Waals surface area contributed by atoms with Gasteiger partial charge in [-0.3, -0.25) is 57.2 Å². The molecule has 0 aliphatic heterocycles. The molecule has 30 nitrogen and oxygen atoms in total. The van der Waals surface area contributed by atoms with Gasteiger partial charge in [0.05, 0.1) is 24.0 Å². The third-order valence-corrected chi connectivity index (χ3v) is 3.72. The zero-order valence-electron chi connectivity index (χ0n) is 25.5. The van der Waals surface area contributed by atoms with Crippen molar-refractivity contribution in [1.82, 2.24) is 80.7 Å². The van der Waals surface area contributed by atoms with Crippen molar-refractivity contribution in [3.05, 3.63) is 49.8 Å². The molecule has 6 aromatic heterocycles. The number of nitrogens with one attached hydrogen (secondary N) is 2. The van der Waals surface area contributed by atoms with Crippen molar-refractivity contribution in [3.63, 3.8) is 0 Å². The number of rotatable bonds is 4. The van der Waals surface area contributed by atoms with Gasteiger partial charge in [-0.2, -0.15) is 10.2 Å². The molecule has 6 rings (SSSR count). The third-order valence-electron chi connectivity index (χ3n) is 3.72. The van der Waals surface area contributed by atoms with Gasteiger partial charge in [-0.05, 0) is 0 Å². The fourth-order valence-corrected chi connectivity index (χ4v) is 2.35. The number of aromatic nitrogens is 16. The molecule has 6 heterocycles. The Kier molecular flexibility index (Phi) is 36.3. The summed E-state index contributed by atoms with van der Waals surface area (Å²) in [6, 6.07) is 0. The third kappa shape index (κ3) is 24.8. The average molecular weight is 929 g/mol. The van der Waals surface area contributed by atoms with Crippen LogP contribution in [0.3, 0.4) is 0 Å². The Bertz CT molecular complexity index is 1720. The predicted molar refractivity (Wildman–Crippen MR) is 154 cm³/mol. The van der Waals surface area contributed by atoms with Crippen LogP contribution in [0.5, 0.6) is 0 Å². The monoisotopic (exact) mass is 924 g/mol. The van der Waals surface area contributed by atoms with Crippen LogP contribution in [0.25, 0.3) is 46.3 Å². The topological polar surface area (TPSA) is 573 Å². The molecule has 0 aliphatic carbocycles. The maximum Gasteiger partial charge on any atom is 2.00 e. The van der Waals surface area contributed by atoms with E-state index in [0.29, 0.717) is 46.3 Å². The van der Waals surface area contributed by atoms with Crippen LogP contribution in [-0.4, -0.2) is 106 Å². The Hall–Kier alpha value is -3.91. The molecule has 20 N–H and O–H groups in total. The van der Waals surface area contributed by atoms with E-state index in [2.05, 4.69) is 80.7 Å². The summed E-state index contributed by atoms with van der Waals surface area (Å²) in [7, 11) is -10.3. The van der Waals surface area contributed by atoms with Gasteiger partial charge in [-0.25, -0.2) is 9.97 Å². The minimum atomic E-state index is -5.17. The summed E-state index contributed by atoms with van der Waals surface area (Å²) in [6.45, 7) is 0. The number of hydrogen-bond acceptors (Lipinski definition) is 20. The Balaban J connectivity index is -0.000000106. The van der Waals surface area contributed by atoms with Gasteiger partial charge in [-0.15, -0.1) is 0 Å². The normalized spacial score (nSPS) is 8.86. The molecule has 0 spiro atoms. The molecule has 35 heteroatoms. The summed E-state index contributed by atoms with van der Waals surface area (Å²) in [5.74, 6) is 2.36. The van der Waals surface area contributed by atoms with E-state index < -0.39 is 20.8 Å². The Morgan fingerprint density at radius 2 is 0.824 bits per heavy atom.